The number of nitrogens with one attached hydrogen (secondary N) is 2. The summed E-state index contributed by atoms with van der Waals surface area (Å²) < 4.78 is 5.10. The summed E-state index contributed by atoms with van der Waals surface area (Å²) in [6.07, 6.45) is 2.10. The van der Waals surface area contributed by atoms with Gasteiger partial charge in [-0.1, -0.05) is 31.5 Å². The van der Waals surface area contributed by atoms with Crippen molar-refractivity contribution in [2.75, 3.05) is 11.9 Å². The lowest BCUT2D eigenvalue weighted by Gasteiger charge is -2.17. The molecule has 0 saturated carbocycles. The van der Waals surface area contributed by atoms with Crippen molar-refractivity contribution in [1.82, 2.24) is 5.32 Å². The highest BCUT2D eigenvalue weighted by Crippen LogP contribution is 2.29. The number of hydrogen-bond donors (Lipinski definition) is 3. The van der Waals surface area contributed by atoms with Gasteiger partial charge in [0.2, 0.25) is 0 Å². The molecule has 2 rings (SSSR count). The van der Waals surface area contributed by atoms with Crippen molar-refractivity contribution in [1.29, 1.82) is 0 Å². The van der Waals surface area contributed by atoms with Gasteiger partial charge in [0, 0.05) is 5.02 Å². The molecule has 0 bridgehead atoms. The summed E-state index contributed by atoms with van der Waals surface area (Å²) in [4.78, 5) is 12.1. The first-order valence-electron chi connectivity index (χ1n) is 7.63. The Morgan fingerprint density at radius 1 is 1.30 bits per heavy atom. The molecule has 5 nitrogen and oxygen atoms in total. The van der Waals surface area contributed by atoms with Crippen molar-refractivity contribution in [3.8, 4) is 0 Å². The van der Waals surface area contributed by atoms with Crippen LogP contribution in [0, 0.1) is 0 Å². The number of hydrogen-bond acceptors (Lipinski definition) is 3. The molecule has 1 heterocycles. The van der Waals surface area contributed by atoms with E-state index in [0.717, 1.165) is 29.7 Å². The zero-order chi connectivity index (χ0) is 16.8. The molecule has 6 heteroatoms. The molecule has 0 aliphatic carbocycles. The monoisotopic (exact) mass is 336 g/mol. The standard InChI is InChI=1S/C17H21ClN2O3/c1-3-11-7-8-13(18)12(4-2)16(11)20-17(22)19-10-14(21)15-6-5-9-23-15/h5-9,14,21H,3-4,10H2,1-2H3,(H2,19,20,22). The predicted octanol–water partition coefficient (Wildman–Crippen LogP) is 3.91. The number of amides is 2. The van der Waals surface area contributed by atoms with Crippen LogP contribution in [0.3, 0.4) is 0 Å². The summed E-state index contributed by atoms with van der Waals surface area (Å²) in [5.74, 6) is 0.413. The fourth-order valence-electron chi connectivity index (χ4n) is 2.40. The molecule has 3 N–H and O–H groups in total. The molecular weight excluding hydrogens is 316 g/mol. The van der Waals surface area contributed by atoms with Crippen LogP contribution in [0.1, 0.15) is 36.8 Å². The van der Waals surface area contributed by atoms with E-state index < -0.39 is 6.10 Å². The van der Waals surface area contributed by atoms with Crippen LogP contribution in [-0.4, -0.2) is 17.7 Å². The van der Waals surface area contributed by atoms with E-state index in [0.29, 0.717) is 10.8 Å². The molecule has 0 spiro atoms. The van der Waals surface area contributed by atoms with Crippen molar-refractivity contribution in [3.05, 3.63) is 52.4 Å². The Kier molecular flexibility index (Phi) is 6.07. The summed E-state index contributed by atoms with van der Waals surface area (Å²) in [5, 5.41) is 16.0. The number of furan rings is 1. The van der Waals surface area contributed by atoms with Crippen molar-refractivity contribution >= 4 is 23.3 Å². The number of aliphatic hydroxyl groups is 1. The van der Waals surface area contributed by atoms with Crippen molar-refractivity contribution in [2.45, 2.75) is 32.8 Å². The lowest BCUT2D eigenvalue weighted by molar-refractivity contribution is 0.149. The van der Waals surface area contributed by atoms with Gasteiger partial charge in [0.15, 0.2) is 0 Å². The maximum absolute atomic E-state index is 12.1. The molecule has 2 aromatic rings. The number of rotatable bonds is 6. The second-order valence-electron chi connectivity index (χ2n) is 5.13. The molecule has 2 amide bonds. The third-order valence-electron chi connectivity index (χ3n) is 3.64. The highest BCUT2D eigenvalue weighted by Gasteiger charge is 2.15. The van der Waals surface area contributed by atoms with Crippen LogP contribution in [0.15, 0.2) is 34.9 Å². The topological polar surface area (TPSA) is 74.5 Å². The van der Waals surface area contributed by atoms with Crippen LogP contribution in [0.4, 0.5) is 10.5 Å². The Balaban J connectivity index is 2.04. The largest absolute Gasteiger partial charge is 0.467 e. The first kappa shape index (κ1) is 17.4. The molecule has 0 fully saturated rings. The lowest BCUT2D eigenvalue weighted by Crippen LogP contribution is -2.33. The minimum atomic E-state index is -0.883. The van der Waals surface area contributed by atoms with Crippen molar-refractivity contribution < 1.29 is 14.3 Å². The van der Waals surface area contributed by atoms with Gasteiger partial charge in [0.25, 0.3) is 0 Å². The van der Waals surface area contributed by atoms with Crippen LogP contribution >= 0.6 is 11.6 Å². The smallest absolute Gasteiger partial charge is 0.319 e. The number of benzene rings is 1. The Bertz CT molecular complexity index is 656. The normalized spacial score (nSPS) is 12.0. The number of anilines is 1. The number of aliphatic hydroxyl groups excluding tert-OH is 1. The van der Waals surface area contributed by atoms with Crippen LogP contribution in [-0.2, 0) is 12.8 Å². The van der Waals surface area contributed by atoms with Gasteiger partial charge in [0.1, 0.15) is 11.9 Å². The summed E-state index contributed by atoms with van der Waals surface area (Å²) >= 11 is 6.21. The van der Waals surface area contributed by atoms with Crippen molar-refractivity contribution in [2.24, 2.45) is 0 Å². The summed E-state index contributed by atoms with van der Waals surface area (Å²) in [7, 11) is 0. The molecule has 1 atom stereocenters. The molecule has 1 aromatic heterocycles. The lowest BCUT2D eigenvalue weighted by atomic mass is 10.0. The van der Waals surface area contributed by atoms with E-state index in [1.807, 2.05) is 26.0 Å². The first-order valence-corrected chi connectivity index (χ1v) is 8.01. The Labute approximate surface area is 140 Å². The average molecular weight is 337 g/mol. The fraction of sp³-hybridized carbons (Fsp3) is 0.353. The predicted molar refractivity (Wildman–Crippen MR) is 90.9 cm³/mol. The van der Waals surface area contributed by atoms with Crippen LogP contribution in [0.2, 0.25) is 5.02 Å². The van der Waals surface area contributed by atoms with E-state index in [1.165, 1.54) is 6.26 Å². The summed E-state index contributed by atoms with van der Waals surface area (Å²) in [6, 6.07) is 6.72. The summed E-state index contributed by atoms with van der Waals surface area (Å²) in [6.45, 7) is 4.07. The molecule has 1 aromatic carbocycles. The molecule has 124 valence electrons. The number of carbonyl (C=O) groups is 1. The number of carbonyl (C=O) groups excluding carboxylic acids is 1. The Morgan fingerprint density at radius 2 is 2.09 bits per heavy atom. The second kappa shape index (κ2) is 8.04. The minimum absolute atomic E-state index is 0.0584. The fourth-order valence-corrected chi connectivity index (χ4v) is 2.69. The van der Waals surface area contributed by atoms with Crippen LogP contribution in [0.25, 0.3) is 0 Å². The van der Waals surface area contributed by atoms with E-state index in [2.05, 4.69) is 10.6 Å². The van der Waals surface area contributed by atoms with Gasteiger partial charge in [-0.15, -0.1) is 0 Å². The summed E-state index contributed by atoms with van der Waals surface area (Å²) in [5.41, 5.74) is 2.67. The average Bonchev–Trinajstić information content (AvgIpc) is 3.07. The zero-order valence-corrected chi connectivity index (χ0v) is 14.0. The zero-order valence-electron chi connectivity index (χ0n) is 13.2. The third kappa shape index (κ3) is 4.27. The maximum Gasteiger partial charge on any atom is 0.319 e. The molecule has 0 aliphatic rings. The van der Waals surface area contributed by atoms with Crippen LogP contribution < -0.4 is 10.6 Å². The van der Waals surface area contributed by atoms with E-state index in [-0.39, 0.29) is 12.6 Å². The molecule has 1 unspecified atom stereocenters. The van der Waals surface area contributed by atoms with E-state index in [1.54, 1.807) is 12.1 Å². The van der Waals surface area contributed by atoms with E-state index in [9.17, 15) is 9.90 Å². The van der Waals surface area contributed by atoms with Gasteiger partial charge in [0.05, 0.1) is 18.5 Å². The SMILES string of the molecule is CCc1ccc(Cl)c(CC)c1NC(=O)NCC(O)c1ccco1. The highest BCUT2D eigenvalue weighted by molar-refractivity contribution is 6.31. The quantitative estimate of drug-likeness (QED) is 0.748. The number of aryl methyl sites for hydroxylation is 1. The van der Waals surface area contributed by atoms with Crippen molar-refractivity contribution in [3.63, 3.8) is 0 Å². The first-order chi connectivity index (χ1) is 11.1. The molecule has 0 saturated heterocycles. The van der Waals surface area contributed by atoms with Gasteiger partial charge in [-0.25, -0.2) is 4.79 Å². The molecule has 0 radical (unpaired) electrons. The van der Waals surface area contributed by atoms with Crippen LogP contribution in [0.5, 0.6) is 0 Å². The highest BCUT2D eigenvalue weighted by atomic mass is 35.5. The van der Waals surface area contributed by atoms with Gasteiger partial charge in [-0.2, -0.15) is 0 Å². The minimum Gasteiger partial charge on any atom is -0.467 e. The number of halogens is 1. The Morgan fingerprint density at radius 3 is 2.70 bits per heavy atom. The maximum atomic E-state index is 12.1. The number of urea groups is 1. The van der Waals surface area contributed by atoms with E-state index >= 15 is 0 Å². The molecule has 0 aliphatic heterocycles. The molecular formula is C17H21ClN2O3. The van der Waals surface area contributed by atoms with E-state index in [4.69, 9.17) is 16.0 Å². The van der Waals surface area contributed by atoms with Gasteiger partial charge in [-0.3, -0.25) is 0 Å². The Hall–Kier alpha value is -1.98. The third-order valence-corrected chi connectivity index (χ3v) is 4.00. The van der Waals surface area contributed by atoms with Gasteiger partial charge < -0.3 is 20.2 Å². The molecule has 23 heavy (non-hydrogen) atoms. The second-order valence-corrected chi connectivity index (χ2v) is 5.54. The van der Waals surface area contributed by atoms with Gasteiger partial charge in [-0.05, 0) is 42.2 Å². The van der Waals surface area contributed by atoms with Gasteiger partial charge >= 0.3 is 6.03 Å².